The molecular formula is C15H23N. The van der Waals surface area contributed by atoms with Crippen LogP contribution in [0.3, 0.4) is 0 Å². The lowest BCUT2D eigenvalue weighted by molar-refractivity contribution is 0.499. The molecule has 1 atom stereocenters. The van der Waals surface area contributed by atoms with Gasteiger partial charge in [-0.2, -0.15) is 0 Å². The van der Waals surface area contributed by atoms with Crippen LogP contribution in [0.15, 0.2) is 24.3 Å². The highest BCUT2D eigenvalue weighted by atomic mass is 14.9. The van der Waals surface area contributed by atoms with E-state index in [1.807, 2.05) is 0 Å². The van der Waals surface area contributed by atoms with Gasteiger partial charge in [-0.1, -0.05) is 49.6 Å². The SMILES string of the molecule is Cc1cccc(C(C)CNC2CCCC2)c1. The minimum atomic E-state index is 0.625. The van der Waals surface area contributed by atoms with E-state index < -0.39 is 0 Å². The van der Waals surface area contributed by atoms with Gasteiger partial charge in [0.25, 0.3) is 0 Å². The molecule has 0 saturated heterocycles. The Bertz CT molecular complexity index is 326. The van der Waals surface area contributed by atoms with Crippen LogP contribution in [0, 0.1) is 6.92 Å². The molecule has 1 unspecified atom stereocenters. The normalized spacial score (nSPS) is 18.9. The summed E-state index contributed by atoms with van der Waals surface area (Å²) >= 11 is 0. The first kappa shape index (κ1) is 11.7. The Morgan fingerprint density at radius 1 is 1.31 bits per heavy atom. The van der Waals surface area contributed by atoms with Crippen LogP contribution in [0.25, 0.3) is 0 Å². The summed E-state index contributed by atoms with van der Waals surface area (Å²) in [5, 5.41) is 3.70. The number of rotatable bonds is 4. The first-order chi connectivity index (χ1) is 7.75. The van der Waals surface area contributed by atoms with Gasteiger partial charge in [-0.3, -0.25) is 0 Å². The molecule has 16 heavy (non-hydrogen) atoms. The van der Waals surface area contributed by atoms with Crippen molar-refractivity contribution in [3.8, 4) is 0 Å². The summed E-state index contributed by atoms with van der Waals surface area (Å²) in [6, 6.07) is 9.67. The zero-order chi connectivity index (χ0) is 11.4. The third-order valence-electron chi connectivity index (χ3n) is 3.68. The van der Waals surface area contributed by atoms with Gasteiger partial charge < -0.3 is 5.32 Å². The van der Waals surface area contributed by atoms with Crippen LogP contribution in [-0.2, 0) is 0 Å². The summed E-state index contributed by atoms with van der Waals surface area (Å²) in [6.45, 7) is 5.60. The van der Waals surface area contributed by atoms with Crippen molar-refractivity contribution in [2.45, 2.75) is 51.5 Å². The van der Waals surface area contributed by atoms with E-state index in [4.69, 9.17) is 0 Å². The second-order valence-corrected chi connectivity index (χ2v) is 5.20. The van der Waals surface area contributed by atoms with E-state index in [0.29, 0.717) is 5.92 Å². The molecule has 1 aromatic rings. The lowest BCUT2D eigenvalue weighted by atomic mass is 9.99. The molecule has 1 aliphatic carbocycles. The third kappa shape index (κ3) is 3.08. The van der Waals surface area contributed by atoms with Crippen molar-refractivity contribution in [1.29, 1.82) is 0 Å². The Morgan fingerprint density at radius 3 is 2.75 bits per heavy atom. The molecule has 1 aliphatic rings. The molecular weight excluding hydrogens is 194 g/mol. The van der Waals surface area contributed by atoms with Gasteiger partial charge in [0.15, 0.2) is 0 Å². The summed E-state index contributed by atoms with van der Waals surface area (Å²) in [7, 11) is 0. The fourth-order valence-electron chi connectivity index (χ4n) is 2.57. The molecule has 1 nitrogen and oxygen atoms in total. The number of nitrogens with one attached hydrogen (secondary N) is 1. The molecule has 2 rings (SSSR count). The highest BCUT2D eigenvalue weighted by Gasteiger charge is 2.15. The highest BCUT2D eigenvalue weighted by molar-refractivity contribution is 5.25. The van der Waals surface area contributed by atoms with Gasteiger partial charge in [0.05, 0.1) is 0 Å². The zero-order valence-corrected chi connectivity index (χ0v) is 10.5. The van der Waals surface area contributed by atoms with E-state index >= 15 is 0 Å². The lowest BCUT2D eigenvalue weighted by Gasteiger charge is -2.17. The Hall–Kier alpha value is -0.820. The van der Waals surface area contributed by atoms with Crippen molar-refractivity contribution in [2.24, 2.45) is 0 Å². The van der Waals surface area contributed by atoms with Gasteiger partial charge in [0.2, 0.25) is 0 Å². The number of hydrogen-bond donors (Lipinski definition) is 1. The summed E-state index contributed by atoms with van der Waals surface area (Å²) in [5.41, 5.74) is 2.83. The van der Waals surface area contributed by atoms with Gasteiger partial charge in [0.1, 0.15) is 0 Å². The maximum atomic E-state index is 3.70. The van der Waals surface area contributed by atoms with E-state index in [9.17, 15) is 0 Å². The quantitative estimate of drug-likeness (QED) is 0.812. The molecule has 0 amide bonds. The molecule has 0 aromatic heterocycles. The summed E-state index contributed by atoms with van der Waals surface area (Å²) < 4.78 is 0. The maximum Gasteiger partial charge on any atom is 0.00673 e. The molecule has 88 valence electrons. The van der Waals surface area contributed by atoms with Crippen LogP contribution in [-0.4, -0.2) is 12.6 Å². The second kappa shape index (κ2) is 5.49. The number of aryl methyl sites for hydroxylation is 1. The molecule has 1 saturated carbocycles. The maximum absolute atomic E-state index is 3.70. The van der Waals surface area contributed by atoms with Crippen LogP contribution in [0.2, 0.25) is 0 Å². The molecule has 0 bridgehead atoms. The minimum absolute atomic E-state index is 0.625. The molecule has 0 radical (unpaired) electrons. The average molecular weight is 217 g/mol. The molecule has 1 aromatic carbocycles. The monoisotopic (exact) mass is 217 g/mol. The highest BCUT2D eigenvalue weighted by Crippen LogP contribution is 2.20. The molecule has 0 heterocycles. The van der Waals surface area contributed by atoms with Gasteiger partial charge in [0, 0.05) is 12.6 Å². The number of hydrogen-bond acceptors (Lipinski definition) is 1. The molecule has 1 N–H and O–H groups in total. The van der Waals surface area contributed by atoms with Crippen LogP contribution < -0.4 is 5.32 Å². The van der Waals surface area contributed by atoms with Crippen LogP contribution in [0.1, 0.15) is 49.7 Å². The summed E-state index contributed by atoms with van der Waals surface area (Å²) in [4.78, 5) is 0. The largest absolute Gasteiger partial charge is 0.313 e. The molecule has 0 aliphatic heterocycles. The average Bonchev–Trinajstić information content (AvgIpc) is 2.78. The fraction of sp³-hybridized carbons (Fsp3) is 0.600. The van der Waals surface area contributed by atoms with Gasteiger partial charge >= 0.3 is 0 Å². The van der Waals surface area contributed by atoms with Crippen molar-refractivity contribution in [3.05, 3.63) is 35.4 Å². The van der Waals surface area contributed by atoms with Crippen molar-refractivity contribution in [1.82, 2.24) is 5.32 Å². The van der Waals surface area contributed by atoms with Gasteiger partial charge in [-0.15, -0.1) is 0 Å². The van der Waals surface area contributed by atoms with Crippen LogP contribution in [0.5, 0.6) is 0 Å². The number of benzene rings is 1. The van der Waals surface area contributed by atoms with E-state index in [2.05, 4.69) is 43.4 Å². The summed E-state index contributed by atoms with van der Waals surface area (Å²) in [5.74, 6) is 0.625. The lowest BCUT2D eigenvalue weighted by Crippen LogP contribution is -2.29. The third-order valence-corrected chi connectivity index (χ3v) is 3.68. The Labute approximate surface area is 99.3 Å². The molecule has 1 heteroatoms. The van der Waals surface area contributed by atoms with E-state index in [0.717, 1.165) is 12.6 Å². The second-order valence-electron chi connectivity index (χ2n) is 5.20. The van der Waals surface area contributed by atoms with E-state index in [-0.39, 0.29) is 0 Å². The smallest absolute Gasteiger partial charge is 0.00673 e. The first-order valence-corrected chi connectivity index (χ1v) is 6.55. The standard InChI is InChI=1S/C15H23N/c1-12-6-5-7-14(10-12)13(2)11-16-15-8-3-4-9-15/h5-7,10,13,15-16H,3-4,8-9,11H2,1-2H3. The van der Waals surface area contributed by atoms with E-state index in [1.165, 1.54) is 36.8 Å². The van der Waals surface area contributed by atoms with Crippen LogP contribution >= 0.6 is 0 Å². The van der Waals surface area contributed by atoms with Crippen LogP contribution in [0.4, 0.5) is 0 Å². The zero-order valence-electron chi connectivity index (χ0n) is 10.5. The van der Waals surface area contributed by atoms with Crippen molar-refractivity contribution >= 4 is 0 Å². The topological polar surface area (TPSA) is 12.0 Å². The Balaban J connectivity index is 1.85. The minimum Gasteiger partial charge on any atom is -0.313 e. The summed E-state index contributed by atoms with van der Waals surface area (Å²) in [6.07, 6.45) is 5.58. The van der Waals surface area contributed by atoms with Gasteiger partial charge in [-0.25, -0.2) is 0 Å². The first-order valence-electron chi connectivity index (χ1n) is 6.55. The van der Waals surface area contributed by atoms with Gasteiger partial charge in [-0.05, 0) is 31.2 Å². The van der Waals surface area contributed by atoms with E-state index in [1.54, 1.807) is 0 Å². The fourth-order valence-corrected chi connectivity index (χ4v) is 2.57. The van der Waals surface area contributed by atoms with Crippen molar-refractivity contribution in [3.63, 3.8) is 0 Å². The van der Waals surface area contributed by atoms with Crippen molar-refractivity contribution in [2.75, 3.05) is 6.54 Å². The molecule has 1 fully saturated rings. The van der Waals surface area contributed by atoms with Crippen molar-refractivity contribution < 1.29 is 0 Å². The molecule has 0 spiro atoms. The Kier molecular flexibility index (Phi) is 4.00. The Morgan fingerprint density at radius 2 is 2.06 bits per heavy atom. The predicted octanol–water partition coefficient (Wildman–Crippen LogP) is 3.63. The predicted molar refractivity (Wildman–Crippen MR) is 69.9 cm³/mol.